The Morgan fingerprint density at radius 1 is 1.18 bits per heavy atom. The summed E-state index contributed by atoms with van der Waals surface area (Å²) in [7, 11) is 2.12. The normalized spacial score (nSPS) is 11.6. The Labute approximate surface area is 134 Å². The van der Waals surface area contributed by atoms with E-state index >= 15 is 0 Å². The molecule has 0 bridgehead atoms. The van der Waals surface area contributed by atoms with Crippen molar-refractivity contribution in [2.45, 2.75) is 27.3 Å². The minimum atomic E-state index is 0.606. The molecule has 0 heterocycles. The van der Waals surface area contributed by atoms with Crippen molar-refractivity contribution >= 4 is 5.96 Å². The maximum absolute atomic E-state index is 5.64. The second kappa shape index (κ2) is 10.9. The minimum Gasteiger partial charge on any atom is -0.494 e. The quantitative estimate of drug-likeness (QED) is 0.542. The van der Waals surface area contributed by atoms with Crippen LogP contribution in [0.4, 0.5) is 0 Å². The lowest BCUT2D eigenvalue weighted by Crippen LogP contribution is -2.40. The molecule has 0 aliphatic carbocycles. The molecule has 0 amide bonds. The fourth-order valence-corrected chi connectivity index (χ4v) is 1.96. The molecule has 0 aromatic heterocycles. The molecule has 124 valence electrons. The highest BCUT2D eigenvalue weighted by Gasteiger charge is 2.03. The number of hydrogen-bond donors (Lipinski definition) is 2. The highest BCUT2D eigenvalue weighted by atomic mass is 16.5. The molecule has 1 rings (SSSR count). The molecule has 1 aromatic carbocycles. The van der Waals surface area contributed by atoms with Gasteiger partial charge >= 0.3 is 0 Å². The minimum absolute atomic E-state index is 0.606. The molecular weight excluding hydrogens is 276 g/mol. The van der Waals surface area contributed by atoms with Crippen LogP contribution in [0, 0.1) is 0 Å². The van der Waals surface area contributed by atoms with Crippen LogP contribution < -0.4 is 15.4 Å². The Morgan fingerprint density at radius 2 is 1.95 bits per heavy atom. The van der Waals surface area contributed by atoms with Gasteiger partial charge in [0.2, 0.25) is 0 Å². The summed E-state index contributed by atoms with van der Waals surface area (Å²) in [6, 6.07) is 8.06. The Morgan fingerprint density at radius 3 is 2.64 bits per heavy atom. The van der Waals surface area contributed by atoms with Gasteiger partial charge in [-0.2, -0.15) is 0 Å². The highest BCUT2D eigenvalue weighted by molar-refractivity contribution is 5.79. The summed E-state index contributed by atoms with van der Waals surface area (Å²) in [5, 5.41) is 6.64. The van der Waals surface area contributed by atoms with Gasteiger partial charge in [0.1, 0.15) is 5.75 Å². The number of nitrogens with one attached hydrogen (secondary N) is 2. The number of rotatable bonds is 9. The zero-order valence-electron chi connectivity index (χ0n) is 14.4. The molecule has 0 atom stereocenters. The molecule has 0 aliphatic rings. The van der Waals surface area contributed by atoms with Crippen LogP contribution in [0.15, 0.2) is 29.3 Å². The van der Waals surface area contributed by atoms with Gasteiger partial charge in [0.05, 0.1) is 13.2 Å². The molecule has 22 heavy (non-hydrogen) atoms. The number of likely N-dealkylation sites (N-methyl/N-ethyl adjacent to an activating group) is 1. The van der Waals surface area contributed by atoms with E-state index in [1.54, 1.807) is 0 Å². The second-order valence-corrected chi connectivity index (χ2v) is 5.06. The third kappa shape index (κ3) is 6.80. The predicted molar refractivity (Wildman–Crippen MR) is 93.6 cm³/mol. The van der Waals surface area contributed by atoms with E-state index in [4.69, 9.17) is 4.74 Å². The van der Waals surface area contributed by atoms with E-state index in [1.807, 2.05) is 25.1 Å². The van der Waals surface area contributed by atoms with Crippen molar-refractivity contribution in [1.82, 2.24) is 15.5 Å². The lowest BCUT2D eigenvalue weighted by molar-refractivity contribution is 0.336. The first-order valence-electron chi connectivity index (χ1n) is 8.12. The number of nitrogens with zero attached hydrogens (tertiary/aromatic N) is 2. The number of benzene rings is 1. The fourth-order valence-electron chi connectivity index (χ4n) is 1.96. The SMILES string of the molecule is CCNC(=NCc1ccccc1OCC)NCCN(C)CC. The summed E-state index contributed by atoms with van der Waals surface area (Å²) >= 11 is 0. The highest BCUT2D eigenvalue weighted by Crippen LogP contribution is 2.18. The van der Waals surface area contributed by atoms with Crippen LogP contribution in [-0.2, 0) is 6.54 Å². The van der Waals surface area contributed by atoms with Crippen LogP contribution in [-0.4, -0.2) is 50.7 Å². The van der Waals surface area contributed by atoms with Gasteiger partial charge in [-0.05, 0) is 33.5 Å². The van der Waals surface area contributed by atoms with Gasteiger partial charge in [0, 0.05) is 25.2 Å². The first kappa shape index (κ1) is 18.3. The summed E-state index contributed by atoms with van der Waals surface area (Å²) in [5.41, 5.74) is 1.10. The molecule has 0 spiro atoms. The Kier molecular flexibility index (Phi) is 9.07. The van der Waals surface area contributed by atoms with Crippen molar-refractivity contribution in [1.29, 1.82) is 0 Å². The van der Waals surface area contributed by atoms with Gasteiger partial charge in [0.25, 0.3) is 0 Å². The molecule has 5 heteroatoms. The molecule has 0 fully saturated rings. The smallest absolute Gasteiger partial charge is 0.191 e. The fraction of sp³-hybridized carbons (Fsp3) is 0.588. The number of ether oxygens (including phenoxy) is 1. The van der Waals surface area contributed by atoms with Crippen molar-refractivity contribution in [2.24, 2.45) is 4.99 Å². The van der Waals surface area contributed by atoms with E-state index in [9.17, 15) is 0 Å². The zero-order chi connectivity index (χ0) is 16.2. The van der Waals surface area contributed by atoms with E-state index in [0.717, 1.165) is 43.5 Å². The average molecular weight is 306 g/mol. The van der Waals surface area contributed by atoms with Crippen molar-refractivity contribution in [3.05, 3.63) is 29.8 Å². The largest absolute Gasteiger partial charge is 0.494 e. The number of hydrogen-bond acceptors (Lipinski definition) is 3. The van der Waals surface area contributed by atoms with Gasteiger partial charge in [-0.15, -0.1) is 0 Å². The predicted octanol–water partition coefficient (Wildman–Crippen LogP) is 2.09. The summed E-state index contributed by atoms with van der Waals surface area (Å²) in [6.45, 7) is 11.3. The topological polar surface area (TPSA) is 48.9 Å². The Balaban J connectivity index is 2.61. The van der Waals surface area contributed by atoms with E-state index in [-0.39, 0.29) is 0 Å². The van der Waals surface area contributed by atoms with Crippen molar-refractivity contribution < 1.29 is 4.74 Å². The Bertz CT molecular complexity index is 448. The monoisotopic (exact) mass is 306 g/mol. The van der Waals surface area contributed by atoms with Crippen LogP contribution in [0.25, 0.3) is 0 Å². The lowest BCUT2D eigenvalue weighted by Gasteiger charge is -2.16. The van der Waals surface area contributed by atoms with Crippen molar-refractivity contribution in [2.75, 3.05) is 39.8 Å². The molecule has 2 N–H and O–H groups in total. The van der Waals surface area contributed by atoms with Crippen LogP contribution in [0.3, 0.4) is 0 Å². The molecule has 0 radical (unpaired) electrons. The molecular formula is C17H30N4O. The average Bonchev–Trinajstić information content (AvgIpc) is 2.53. The maximum Gasteiger partial charge on any atom is 0.191 e. The van der Waals surface area contributed by atoms with E-state index in [0.29, 0.717) is 13.2 Å². The zero-order valence-corrected chi connectivity index (χ0v) is 14.4. The van der Waals surface area contributed by atoms with Crippen molar-refractivity contribution in [3.8, 4) is 5.75 Å². The van der Waals surface area contributed by atoms with Gasteiger partial charge in [0.15, 0.2) is 5.96 Å². The number of guanidine groups is 1. The summed E-state index contributed by atoms with van der Waals surface area (Å²) in [4.78, 5) is 6.91. The van der Waals surface area contributed by atoms with Gasteiger partial charge in [-0.25, -0.2) is 4.99 Å². The molecule has 0 unspecified atom stereocenters. The first-order chi connectivity index (χ1) is 10.7. The van der Waals surface area contributed by atoms with E-state index < -0.39 is 0 Å². The Hall–Kier alpha value is -1.75. The van der Waals surface area contributed by atoms with Crippen LogP contribution in [0.5, 0.6) is 5.75 Å². The summed E-state index contributed by atoms with van der Waals surface area (Å²) < 4.78 is 5.64. The van der Waals surface area contributed by atoms with Crippen LogP contribution in [0.1, 0.15) is 26.3 Å². The number of aliphatic imine (C=N–C) groups is 1. The van der Waals surface area contributed by atoms with Crippen molar-refractivity contribution in [3.63, 3.8) is 0 Å². The second-order valence-electron chi connectivity index (χ2n) is 5.06. The van der Waals surface area contributed by atoms with E-state index in [2.05, 4.69) is 47.5 Å². The molecule has 1 aromatic rings. The lowest BCUT2D eigenvalue weighted by atomic mass is 10.2. The van der Waals surface area contributed by atoms with Crippen LogP contribution >= 0.6 is 0 Å². The van der Waals surface area contributed by atoms with Crippen LogP contribution in [0.2, 0.25) is 0 Å². The molecule has 5 nitrogen and oxygen atoms in total. The van der Waals surface area contributed by atoms with Gasteiger partial charge in [-0.3, -0.25) is 0 Å². The number of para-hydroxylation sites is 1. The van der Waals surface area contributed by atoms with Gasteiger partial charge in [-0.1, -0.05) is 25.1 Å². The maximum atomic E-state index is 5.64. The molecule has 0 saturated carbocycles. The standard InChI is InChI=1S/C17H30N4O/c1-5-18-17(19-12-13-21(4)6-2)20-14-15-10-8-9-11-16(15)22-7-3/h8-11H,5-7,12-14H2,1-4H3,(H2,18,19,20). The van der Waals surface area contributed by atoms with Gasteiger partial charge < -0.3 is 20.3 Å². The summed E-state index contributed by atoms with van der Waals surface area (Å²) in [6.07, 6.45) is 0. The third-order valence-corrected chi connectivity index (χ3v) is 3.35. The molecule has 0 saturated heterocycles. The third-order valence-electron chi connectivity index (χ3n) is 3.35. The molecule has 0 aliphatic heterocycles. The first-order valence-corrected chi connectivity index (χ1v) is 8.12. The van der Waals surface area contributed by atoms with E-state index in [1.165, 1.54) is 0 Å². The summed E-state index contributed by atoms with van der Waals surface area (Å²) in [5.74, 6) is 1.76.